The van der Waals surface area contributed by atoms with Crippen LogP contribution in [-0.4, -0.2) is 24.5 Å². The average molecular weight is 514 g/mol. The second-order valence-corrected chi connectivity index (χ2v) is 9.33. The lowest BCUT2D eigenvalue weighted by Gasteiger charge is -2.08. The third-order valence-corrected chi connectivity index (χ3v) is 6.94. The Balaban J connectivity index is 1.72. The molecule has 0 saturated heterocycles. The number of nitrogens with zero attached hydrogens (tertiary/aromatic N) is 2. The summed E-state index contributed by atoms with van der Waals surface area (Å²) in [6, 6.07) is 13.1. The Labute approximate surface area is 174 Å². The molecule has 0 aliphatic rings. The fourth-order valence-electron chi connectivity index (χ4n) is 2.17. The van der Waals surface area contributed by atoms with Crippen molar-refractivity contribution in [2.45, 2.75) is 18.2 Å². The highest BCUT2D eigenvalue weighted by Gasteiger charge is 2.17. The topological polar surface area (TPSA) is 101 Å². The highest BCUT2D eigenvalue weighted by molar-refractivity contribution is 14.1. The molecule has 2 N–H and O–H groups in total. The minimum Gasteiger partial charge on any atom is -0.322 e. The van der Waals surface area contributed by atoms with Crippen LogP contribution in [0.3, 0.4) is 0 Å². The summed E-state index contributed by atoms with van der Waals surface area (Å²) in [4.78, 5) is 12.4. The van der Waals surface area contributed by atoms with Crippen LogP contribution in [0.1, 0.15) is 22.3 Å². The number of halogens is 1. The van der Waals surface area contributed by atoms with Crippen molar-refractivity contribution in [2.75, 3.05) is 10.0 Å². The van der Waals surface area contributed by atoms with Gasteiger partial charge in [0.15, 0.2) is 0 Å². The van der Waals surface area contributed by atoms with E-state index in [1.807, 2.05) is 19.1 Å². The first kappa shape index (κ1) is 19.7. The van der Waals surface area contributed by atoms with Crippen molar-refractivity contribution in [3.63, 3.8) is 0 Å². The SMILES string of the molecule is CCc1nnc(NS(=O)(=O)c2ccc(NC(=O)c3ccccc3I)cc2)s1. The van der Waals surface area contributed by atoms with E-state index in [4.69, 9.17) is 0 Å². The maximum Gasteiger partial charge on any atom is 0.263 e. The van der Waals surface area contributed by atoms with Gasteiger partial charge in [0, 0.05) is 9.26 Å². The minimum atomic E-state index is -3.77. The van der Waals surface area contributed by atoms with E-state index in [1.165, 1.54) is 23.5 Å². The molecule has 1 amide bonds. The number of amides is 1. The van der Waals surface area contributed by atoms with Gasteiger partial charge in [-0.25, -0.2) is 8.42 Å². The largest absolute Gasteiger partial charge is 0.322 e. The molecule has 2 aromatic carbocycles. The summed E-state index contributed by atoms with van der Waals surface area (Å²) >= 11 is 3.29. The number of hydrogen-bond donors (Lipinski definition) is 2. The summed E-state index contributed by atoms with van der Waals surface area (Å²) in [5.41, 5.74) is 1.06. The van der Waals surface area contributed by atoms with Crippen LogP contribution < -0.4 is 10.0 Å². The van der Waals surface area contributed by atoms with Gasteiger partial charge in [-0.3, -0.25) is 9.52 Å². The number of hydrogen-bond acceptors (Lipinski definition) is 6. The van der Waals surface area contributed by atoms with Gasteiger partial charge in [0.25, 0.3) is 15.9 Å². The molecule has 0 aliphatic carbocycles. The summed E-state index contributed by atoms with van der Waals surface area (Å²) in [6.07, 6.45) is 0.689. The molecule has 7 nitrogen and oxygen atoms in total. The number of aromatic nitrogens is 2. The van der Waals surface area contributed by atoms with Crippen molar-refractivity contribution >= 4 is 60.7 Å². The van der Waals surface area contributed by atoms with Gasteiger partial charge in [-0.1, -0.05) is 30.4 Å². The first-order chi connectivity index (χ1) is 12.9. The third-order valence-electron chi connectivity index (χ3n) is 3.53. The zero-order valence-corrected chi connectivity index (χ0v) is 17.9. The number of rotatable bonds is 6. The van der Waals surface area contributed by atoms with Crippen molar-refractivity contribution in [3.8, 4) is 0 Å². The number of carbonyl (C=O) groups excluding carboxylic acids is 1. The van der Waals surface area contributed by atoms with E-state index in [0.717, 1.165) is 8.58 Å². The number of benzene rings is 2. The van der Waals surface area contributed by atoms with E-state index in [9.17, 15) is 13.2 Å². The summed E-state index contributed by atoms with van der Waals surface area (Å²) in [5, 5.41) is 11.4. The van der Waals surface area contributed by atoms with Gasteiger partial charge in [-0.05, 0) is 65.4 Å². The standard InChI is InChI=1S/C17H15IN4O3S2/c1-2-15-20-21-17(26-15)22-27(24,25)12-9-7-11(8-10-12)19-16(23)13-5-3-4-6-14(13)18/h3-10H,2H2,1H3,(H,19,23)(H,21,22). The van der Waals surface area contributed by atoms with Crippen molar-refractivity contribution in [3.05, 3.63) is 62.7 Å². The Morgan fingerprint density at radius 3 is 2.44 bits per heavy atom. The highest BCUT2D eigenvalue weighted by Crippen LogP contribution is 2.22. The zero-order valence-electron chi connectivity index (χ0n) is 14.1. The minimum absolute atomic E-state index is 0.0723. The van der Waals surface area contributed by atoms with Gasteiger partial charge < -0.3 is 5.32 Å². The predicted octanol–water partition coefficient (Wildman–Crippen LogP) is 3.76. The van der Waals surface area contributed by atoms with Crippen LogP contribution in [0.25, 0.3) is 0 Å². The molecule has 1 aromatic heterocycles. The van der Waals surface area contributed by atoms with Crippen LogP contribution in [0.15, 0.2) is 53.4 Å². The number of nitrogens with one attached hydrogen (secondary N) is 2. The molecule has 0 bridgehead atoms. The summed E-state index contributed by atoms with van der Waals surface area (Å²) < 4.78 is 28.1. The molecule has 140 valence electrons. The second-order valence-electron chi connectivity index (χ2n) is 5.42. The molecule has 1 heterocycles. The van der Waals surface area contributed by atoms with Crippen LogP contribution >= 0.6 is 33.9 Å². The van der Waals surface area contributed by atoms with Crippen LogP contribution in [-0.2, 0) is 16.4 Å². The molecule has 0 saturated carbocycles. The Morgan fingerprint density at radius 1 is 1.11 bits per heavy atom. The average Bonchev–Trinajstić information content (AvgIpc) is 3.09. The molecular formula is C17H15IN4O3S2. The Morgan fingerprint density at radius 2 is 1.81 bits per heavy atom. The van der Waals surface area contributed by atoms with E-state index < -0.39 is 10.0 Å². The van der Waals surface area contributed by atoms with Gasteiger partial charge in [0.05, 0.1) is 10.5 Å². The van der Waals surface area contributed by atoms with E-state index in [0.29, 0.717) is 17.7 Å². The molecule has 0 unspecified atom stereocenters. The van der Waals surface area contributed by atoms with Crippen LogP contribution in [0.4, 0.5) is 10.8 Å². The second kappa shape index (κ2) is 8.31. The van der Waals surface area contributed by atoms with Crippen LogP contribution in [0.2, 0.25) is 0 Å². The summed E-state index contributed by atoms with van der Waals surface area (Å²) in [6.45, 7) is 1.92. The van der Waals surface area contributed by atoms with Gasteiger partial charge in [-0.2, -0.15) is 0 Å². The number of carbonyl (C=O) groups is 1. The maximum absolute atomic E-state index is 12.4. The lowest BCUT2D eigenvalue weighted by Crippen LogP contribution is -2.14. The normalized spacial score (nSPS) is 11.2. The smallest absolute Gasteiger partial charge is 0.263 e. The van der Waals surface area contributed by atoms with Crippen LogP contribution in [0, 0.1) is 3.57 Å². The van der Waals surface area contributed by atoms with E-state index in [1.54, 1.807) is 24.3 Å². The summed E-state index contributed by atoms with van der Waals surface area (Å²) in [5.74, 6) is -0.255. The monoisotopic (exact) mass is 514 g/mol. The Kier molecular flexibility index (Phi) is 6.07. The van der Waals surface area contributed by atoms with Crippen molar-refractivity contribution < 1.29 is 13.2 Å². The lowest BCUT2D eigenvalue weighted by molar-refractivity contribution is 0.102. The molecule has 10 heteroatoms. The number of anilines is 2. The van der Waals surface area contributed by atoms with Gasteiger partial charge in [0.2, 0.25) is 5.13 Å². The molecule has 3 rings (SSSR count). The first-order valence-electron chi connectivity index (χ1n) is 7.90. The molecule has 0 atom stereocenters. The number of aryl methyl sites for hydroxylation is 1. The molecule has 0 aliphatic heterocycles. The van der Waals surface area contributed by atoms with E-state index in [2.05, 4.69) is 42.8 Å². The molecule has 3 aromatic rings. The molecule has 0 fully saturated rings. The maximum atomic E-state index is 12.4. The fourth-order valence-corrected chi connectivity index (χ4v) is 4.71. The Hall–Kier alpha value is -2.05. The first-order valence-corrected chi connectivity index (χ1v) is 11.3. The predicted molar refractivity (Wildman–Crippen MR) is 114 cm³/mol. The lowest BCUT2D eigenvalue weighted by atomic mass is 10.2. The molecular weight excluding hydrogens is 499 g/mol. The van der Waals surface area contributed by atoms with Gasteiger partial charge >= 0.3 is 0 Å². The third kappa shape index (κ3) is 4.82. The van der Waals surface area contributed by atoms with Crippen molar-refractivity contribution in [1.82, 2.24) is 10.2 Å². The van der Waals surface area contributed by atoms with Crippen molar-refractivity contribution in [2.24, 2.45) is 0 Å². The van der Waals surface area contributed by atoms with E-state index >= 15 is 0 Å². The molecule has 0 radical (unpaired) electrons. The molecule has 27 heavy (non-hydrogen) atoms. The Bertz CT molecular complexity index is 1070. The fraction of sp³-hybridized carbons (Fsp3) is 0.118. The van der Waals surface area contributed by atoms with Gasteiger partial charge in [0.1, 0.15) is 5.01 Å². The quantitative estimate of drug-likeness (QED) is 0.488. The zero-order chi connectivity index (χ0) is 19.4. The summed E-state index contributed by atoms with van der Waals surface area (Å²) in [7, 11) is -3.77. The van der Waals surface area contributed by atoms with Gasteiger partial charge in [-0.15, -0.1) is 10.2 Å². The van der Waals surface area contributed by atoms with Crippen LogP contribution in [0.5, 0.6) is 0 Å². The number of sulfonamides is 1. The van der Waals surface area contributed by atoms with Crippen molar-refractivity contribution in [1.29, 1.82) is 0 Å². The molecule has 0 spiro atoms. The highest BCUT2D eigenvalue weighted by atomic mass is 127. The van der Waals surface area contributed by atoms with E-state index in [-0.39, 0.29) is 15.9 Å².